The average Bonchev–Trinajstić information content (AvgIpc) is 2.65. The van der Waals surface area contributed by atoms with Crippen LogP contribution in [-0.4, -0.2) is 0 Å². The number of alkyl halides is 3. The van der Waals surface area contributed by atoms with Gasteiger partial charge in [0, 0.05) is 0 Å². The van der Waals surface area contributed by atoms with Crippen molar-refractivity contribution in [2.45, 2.75) is 26.4 Å². The van der Waals surface area contributed by atoms with E-state index >= 15 is 0 Å². The lowest BCUT2D eigenvalue weighted by atomic mass is 9.97. The summed E-state index contributed by atoms with van der Waals surface area (Å²) in [6.07, 6.45) is -3.68. The van der Waals surface area contributed by atoms with E-state index in [4.69, 9.17) is 0 Å². The van der Waals surface area contributed by atoms with Gasteiger partial charge in [-0.15, -0.1) is 0 Å². The molecule has 0 saturated heterocycles. The van der Waals surface area contributed by atoms with Crippen molar-refractivity contribution in [2.75, 3.05) is 0 Å². The standard InChI is InChI=1S/C16H13F3/c1-9-3-4-14-11(5-9)7-12-8-13(16(17,18)19)6-10(2)15(12)14/h3-6,8H,7H2,1-2H3. The molecule has 0 atom stereocenters. The first-order chi connectivity index (χ1) is 8.86. The van der Waals surface area contributed by atoms with Gasteiger partial charge in [-0.05, 0) is 60.2 Å². The summed E-state index contributed by atoms with van der Waals surface area (Å²) in [4.78, 5) is 0. The van der Waals surface area contributed by atoms with Crippen LogP contribution in [0.1, 0.15) is 27.8 Å². The average molecular weight is 262 g/mol. The van der Waals surface area contributed by atoms with Gasteiger partial charge >= 0.3 is 6.18 Å². The minimum atomic E-state index is -4.27. The Bertz CT molecular complexity index is 666. The fourth-order valence-corrected chi connectivity index (χ4v) is 2.87. The maximum Gasteiger partial charge on any atom is 0.416 e. The van der Waals surface area contributed by atoms with Crippen molar-refractivity contribution >= 4 is 0 Å². The van der Waals surface area contributed by atoms with Crippen LogP contribution in [0.15, 0.2) is 30.3 Å². The van der Waals surface area contributed by atoms with Crippen molar-refractivity contribution in [1.82, 2.24) is 0 Å². The summed E-state index contributed by atoms with van der Waals surface area (Å²) < 4.78 is 38.5. The first kappa shape index (κ1) is 12.3. The second-order valence-electron chi connectivity index (χ2n) is 5.16. The summed E-state index contributed by atoms with van der Waals surface area (Å²) >= 11 is 0. The number of aryl methyl sites for hydroxylation is 2. The minimum absolute atomic E-state index is 0.548. The van der Waals surface area contributed by atoms with Crippen LogP contribution in [0.3, 0.4) is 0 Å². The smallest absolute Gasteiger partial charge is 0.166 e. The summed E-state index contributed by atoms with van der Waals surface area (Å²) in [6.45, 7) is 3.75. The molecule has 19 heavy (non-hydrogen) atoms. The molecule has 0 unspecified atom stereocenters. The molecular weight excluding hydrogens is 249 g/mol. The Morgan fingerprint density at radius 1 is 0.947 bits per heavy atom. The highest BCUT2D eigenvalue weighted by atomic mass is 19.4. The number of benzene rings is 2. The zero-order valence-electron chi connectivity index (χ0n) is 10.7. The molecule has 0 amide bonds. The van der Waals surface area contributed by atoms with Crippen LogP contribution in [0.25, 0.3) is 11.1 Å². The van der Waals surface area contributed by atoms with Crippen molar-refractivity contribution in [1.29, 1.82) is 0 Å². The first-order valence-corrected chi connectivity index (χ1v) is 6.17. The summed E-state index contributed by atoms with van der Waals surface area (Å²) in [5.41, 5.74) is 5.25. The van der Waals surface area contributed by atoms with Crippen molar-refractivity contribution in [2.24, 2.45) is 0 Å². The van der Waals surface area contributed by atoms with Crippen molar-refractivity contribution < 1.29 is 13.2 Å². The van der Waals surface area contributed by atoms with E-state index < -0.39 is 11.7 Å². The maximum absolute atomic E-state index is 12.8. The molecule has 2 aromatic rings. The van der Waals surface area contributed by atoms with Crippen LogP contribution in [0.5, 0.6) is 0 Å². The number of halogens is 3. The van der Waals surface area contributed by atoms with Gasteiger partial charge in [0.1, 0.15) is 0 Å². The number of fused-ring (bicyclic) bond motifs is 3. The summed E-state index contributed by atoms with van der Waals surface area (Å²) in [5, 5.41) is 0. The molecule has 0 fully saturated rings. The lowest BCUT2D eigenvalue weighted by molar-refractivity contribution is -0.137. The second kappa shape index (κ2) is 3.86. The number of hydrogen-bond donors (Lipinski definition) is 0. The van der Waals surface area contributed by atoms with Crippen molar-refractivity contribution in [3.63, 3.8) is 0 Å². The molecular formula is C16H13F3. The van der Waals surface area contributed by atoms with Gasteiger partial charge in [0.25, 0.3) is 0 Å². The third-order valence-corrected chi connectivity index (χ3v) is 3.66. The first-order valence-electron chi connectivity index (χ1n) is 6.17. The van der Waals surface area contributed by atoms with E-state index in [9.17, 15) is 13.2 Å². The summed E-state index contributed by atoms with van der Waals surface area (Å²) in [7, 11) is 0. The molecule has 3 heteroatoms. The summed E-state index contributed by atoms with van der Waals surface area (Å²) in [6, 6.07) is 8.61. The van der Waals surface area contributed by atoms with Crippen molar-refractivity contribution in [3.8, 4) is 11.1 Å². The van der Waals surface area contributed by atoms with E-state index in [-0.39, 0.29) is 0 Å². The minimum Gasteiger partial charge on any atom is -0.166 e. The molecule has 0 heterocycles. The highest BCUT2D eigenvalue weighted by molar-refractivity contribution is 5.80. The Morgan fingerprint density at radius 2 is 1.68 bits per heavy atom. The molecule has 2 aromatic carbocycles. The molecule has 0 aromatic heterocycles. The van der Waals surface area contributed by atoms with E-state index in [2.05, 4.69) is 6.07 Å². The van der Waals surface area contributed by atoms with Gasteiger partial charge in [0.15, 0.2) is 0 Å². The molecule has 0 radical (unpaired) electrons. The van der Waals surface area contributed by atoms with Gasteiger partial charge in [-0.3, -0.25) is 0 Å². The maximum atomic E-state index is 12.8. The van der Waals surface area contributed by atoms with Gasteiger partial charge in [-0.25, -0.2) is 0 Å². The third-order valence-electron chi connectivity index (χ3n) is 3.66. The molecule has 0 bridgehead atoms. The Morgan fingerprint density at radius 3 is 2.37 bits per heavy atom. The van der Waals surface area contributed by atoms with Crippen LogP contribution in [0.2, 0.25) is 0 Å². The Balaban J connectivity index is 2.20. The Hall–Kier alpha value is -1.77. The fraction of sp³-hybridized carbons (Fsp3) is 0.250. The van der Waals surface area contributed by atoms with E-state index in [1.807, 2.05) is 19.1 Å². The Kier molecular flexibility index (Phi) is 2.49. The lowest BCUT2D eigenvalue weighted by Crippen LogP contribution is -2.06. The van der Waals surface area contributed by atoms with E-state index in [1.165, 1.54) is 12.1 Å². The molecule has 0 spiro atoms. The quantitative estimate of drug-likeness (QED) is 0.541. The van der Waals surface area contributed by atoms with Gasteiger partial charge in [0.2, 0.25) is 0 Å². The SMILES string of the molecule is Cc1ccc2c(c1)Cc1cc(C(F)(F)F)cc(C)c1-2. The van der Waals surface area contributed by atoms with E-state index in [0.29, 0.717) is 12.0 Å². The normalized spacial score (nSPS) is 13.3. The predicted molar refractivity (Wildman–Crippen MR) is 69.2 cm³/mol. The van der Waals surface area contributed by atoms with Gasteiger partial charge < -0.3 is 0 Å². The second-order valence-corrected chi connectivity index (χ2v) is 5.16. The van der Waals surface area contributed by atoms with Crippen LogP contribution in [0, 0.1) is 13.8 Å². The number of rotatable bonds is 0. The summed E-state index contributed by atoms with van der Waals surface area (Å²) in [5.74, 6) is 0. The van der Waals surface area contributed by atoms with Gasteiger partial charge in [-0.2, -0.15) is 13.2 Å². The molecule has 0 nitrogen and oxygen atoms in total. The molecule has 0 saturated carbocycles. The highest BCUT2D eigenvalue weighted by Gasteiger charge is 2.33. The fourth-order valence-electron chi connectivity index (χ4n) is 2.87. The monoisotopic (exact) mass is 262 g/mol. The zero-order chi connectivity index (χ0) is 13.8. The van der Waals surface area contributed by atoms with E-state index in [1.54, 1.807) is 6.92 Å². The molecule has 3 rings (SSSR count). The van der Waals surface area contributed by atoms with Crippen LogP contribution < -0.4 is 0 Å². The molecule has 98 valence electrons. The van der Waals surface area contributed by atoms with Gasteiger partial charge in [0.05, 0.1) is 5.56 Å². The van der Waals surface area contributed by atoms with Crippen LogP contribution in [0.4, 0.5) is 13.2 Å². The van der Waals surface area contributed by atoms with E-state index in [0.717, 1.165) is 27.8 Å². The molecule has 1 aliphatic rings. The van der Waals surface area contributed by atoms with Gasteiger partial charge in [-0.1, -0.05) is 23.8 Å². The van der Waals surface area contributed by atoms with Crippen LogP contribution >= 0.6 is 0 Å². The predicted octanol–water partition coefficient (Wildman–Crippen LogP) is 4.89. The number of hydrogen-bond acceptors (Lipinski definition) is 0. The highest BCUT2D eigenvalue weighted by Crippen LogP contribution is 2.42. The molecule has 0 aliphatic heterocycles. The third kappa shape index (κ3) is 1.93. The molecule has 1 aliphatic carbocycles. The molecule has 0 N–H and O–H groups in total. The Labute approximate surface area is 109 Å². The van der Waals surface area contributed by atoms with Crippen LogP contribution in [-0.2, 0) is 12.6 Å². The van der Waals surface area contributed by atoms with Crippen molar-refractivity contribution in [3.05, 3.63) is 58.1 Å². The lowest BCUT2D eigenvalue weighted by Gasteiger charge is -2.12. The largest absolute Gasteiger partial charge is 0.416 e. The topological polar surface area (TPSA) is 0 Å². The zero-order valence-corrected chi connectivity index (χ0v) is 10.7.